The molecule has 0 unspecified atom stereocenters. The molecule has 1 aliphatic heterocycles. The summed E-state index contributed by atoms with van der Waals surface area (Å²) in [6, 6.07) is 6.76. The normalized spacial score (nSPS) is 17.5. The molecule has 0 saturated carbocycles. The third kappa shape index (κ3) is 2.19. The molecule has 1 aromatic carbocycles. The summed E-state index contributed by atoms with van der Waals surface area (Å²) in [6.07, 6.45) is 1.52. The minimum Gasteiger partial charge on any atom is -0.504 e. The first-order chi connectivity index (χ1) is 8.11. The molecule has 0 fully saturated rings. The van der Waals surface area contributed by atoms with Gasteiger partial charge in [0.25, 0.3) is 5.91 Å². The molecule has 2 N–H and O–H groups in total. The molecule has 1 aromatic rings. The van der Waals surface area contributed by atoms with Gasteiger partial charge in [0.1, 0.15) is 0 Å². The van der Waals surface area contributed by atoms with E-state index in [1.165, 1.54) is 6.08 Å². The Morgan fingerprint density at radius 2 is 1.94 bits per heavy atom. The first-order valence-electron chi connectivity index (χ1n) is 4.67. The summed E-state index contributed by atoms with van der Waals surface area (Å²) in [5, 5.41) is 14.9. The first kappa shape index (κ1) is 11.3. The number of carbonyl (C=O) groups excluding carboxylic acids is 1. The number of aliphatic hydroxyl groups is 1. The Balaban J connectivity index is 2.37. The SMILES string of the molecule is O=NC1=C(O)C(=Cc2ccc(Cl)cc2)NC1=O. The maximum Gasteiger partial charge on any atom is 0.281 e. The Kier molecular flexibility index (Phi) is 2.93. The fourth-order valence-corrected chi connectivity index (χ4v) is 1.52. The van der Waals surface area contributed by atoms with Gasteiger partial charge in [-0.15, -0.1) is 4.91 Å². The lowest BCUT2D eigenvalue weighted by molar-refractivity contribution is -0.116. The average molecular weight is 251 g/mol. The second-order valence-corrected chi connectivity index (χ2v) is 3.79. The third-order valence-electron chi connectivity index (χ3n) is 2.21. The van der Waals surface area contributed by atoms with Gasteiger partial charge in [-0.25, -0.2) is 0 Å². The summed E-state index contributed by atoms with van der Waals surface area (Å²) in [5.74, 6) is -1.15. The van der Waals surface area contributed by atoms with E-state index in [0.717, 1.165) is 5.56 Å². The van der Waals surface area contributed by atoms with Crippen LogP contribution in [0, 0.1) is 4.91 Å². The Morgan fingerprint density at radius 1 is 1.29 bits per heavy atom. The lowest BCUT2D eigenvalue weighted by Crippen LogP contribution is -2.15. The summed E-state index contributed by atoms with van der Waals surface area (Å²) in [5.41, 5.74) is 0.362. The van der Waals surface area contributed by atoms with Crippen molar-refractivity contribution in [3.05, 3.63) is 56.9 Å². The minimum atomic E-state index is -0.710. The van der Waals surface area contributed by atoms with Crippen molar-refractivity contribution in [2.45, 2.75) is 0 Å². The van der Waals surface area contributed by atoms with E-state index in [1.807, 2.05) is 0 Å². The molecule has 5 nitrogen and oxygen atoms in total. The van der Waals surface area contributed by atoms with Crippen LogP contribution in [0.15, 0.2) is 46.6 Å². The second-order valence-electron chi connectivity index (χ2n) is 3.35. The van der Waals surface area contributed by atoms with Crippen molar-refractivity contribution in [2.75, 3.05) is 0 Å². The second kappa shape index (κ2) is 4.39. The number of benzene rings is 1. The van der Waals surface area contributed by atoms with Crippen LogP contribution in [-0.4, -0.2) is 11.0 Å². The molecule has 0 aromatic heterocycles. The Morgan fingerprint density at radius 3 is 2.47 bits per heavy atom. The van der Waals surface area contributed by atoms with Crippen molar-refractivity contribution in [3.63, 3.8) is 0 Å². The van der Waals surface area contributed by atoms with Crippen molar-refractivity contribution < 1.29 is 9.90 Å². The molecule has 6 heteroatoms. The quantitative estimate of drug-likeness (QED) is 0.791. The number of rotatable bonds is 2. The zero-order valence-electron chi connectivity index (χ0n) is 8.48. The first-order valence-corrected chi connectivity index (χ1v) is 5.05. The zero-order valence-corrected chi connectivity index (χ0v) is 9.23. The van der Waals surface area contributed by atoms with Gasteiger partial charge >= 0.3 is 0 Å². The number of aliphatic hydroxyl groups excluding tert-OH is 1. The van der Waals surface area contributed by atoms with Gasteiger partial charge in [-0.05, 0) is 28.9 Å². The van der Waals surface area contributed by atoms with Crippen molar-refractivity contribution >= 4 is 23.6 Å². The molecule has 1 heterocycles. The lowest BCUT2D eigenvalue weighted by Gasteiger charge is -1.99. The number of nitrogens with zero attached hydrogens (tertiary/aromatic N) is 1. The van der Waals surface area contributed by atoms with Crippen molar-refractivity contribution in [2.24, 2.45) is 5.18 Å². The van der Waals surface area contributed by atoms with Crippen LogP contribution in [0.4, 0.5) is 0 Å². The highest BCUT2D eigenvalue weighted by Crippen LogP contribution is 2.21. The van der Waals surface area contributed by atoms with Crippen molar-refractivity contribution in [1.82, 2.24) is 5.32 Å². The Bertz CT molecular complexity index is 546. The number of nitroso groups, excluding NO2 is 1. The molecule has 86 valence electrons. The number of halogens is 1. The number of nitrogens with one attached hydrogen (secondary N) is 1. The standard InChI is InChI=1S/C11H7ClN2O3/c12-7-3-1-6(2-4-7)5-8-10(15)9(14-17)11(16)13-8/h1-5,15H,(H,13,16). The van der Waals surface area contributed by atoms with Crippen LogP contribution in [0.25, 0.3) is 6.08 Å². The Labute approximate surface area is 101 Å². The van der Waals surface area contributed by atoms with Crippen LogP contribution >= 0.6 is 11.6 Å². The number of amides is 1. The maximum absolute atomic E-state index is 11.2. The zero-order chi connectivity index (χ0) is 12.4. The predicted molar refractivity (Wildman–Crippen MR) is 63.0 cm³/mol. The summed E-state index contributed by atoms with van der Waals surface area (Å²) in [4.78, 5) is 21.5. The van der Waals surface area contributed by atoms with Gasteiger partial charge in [-0.2, -0.15) is 0 Å². The molecular weight excluding hydrogens is 244 g/mol. The monoisotopic (exact) mass is 250 g/mol. The van der Waals surface area contributed by atoms with Crippen molar-refractivity contribution in [3.8, 4) is 0 Å². The number of hydrogen-bond donors (Lipinski definition) is 2. The van der Waals surface area contributed by atoms with E-state index >= 15 is 0 Å². The predicted octanol–water partition coefficient (Wildman–Crippen LogP) is 2.35. The molecule has 0 atom stereocenters. The lowest BCUT2D eigenvalue weighted by atomic mass is 10.2. The summed E-state index contributed by atoms with van der Waals surface area (Å²) in [7, 11) is 0. The van der Waals surface area contributed by atoms with Crippen molar-refractivity contribution in [1.29, 1.82) is 0 Å². The van der Waals surface area contributed by atoms with Crippen LogP contribution < -0.4 is 5.32 Å². The summed E-state index contributed by atoms with van der Waals surface area (Å²) in [6.45, 7) is 0. The molecule has 0 bridgehead atoms. The molecule has 17 heavy (non-hydrogen) atoms. The molecule has 1 amide bonds. The van der Waals surface area contributed by atoms with Gasteiger partial charge in [0.2, 0.25) is 5.70 Å². The molecule has 0 radical (unpaired) electrons. The third-order valence-corrected chi connectivity index (χ3v) is 2.47. The fourth-order valence-electron chi connectivity index (χ4n) is 1.39. The topological polar surface area (TPSA) is 78.8 Å². The highest BCUT2D eigenvalue weighted by atomic mass is 35.5. The maximum atomic E-state index is 11.2. The van der Waals surface area contributed by atoms with Gasteiger partial charge in [0, 0.05) is 5.02 Å². The molecule has 0 aliphatic carbocycles. The van der Waals surface area contributed by atoms with Crippen LogP contribution in [0.3, 0.4) is 0 Å². The molecule has 0 spiro atoms. The van der Waals surface area contributed by atoms with Gasteiger partial charge in [-0.3, -0.25) is 4.79 Å². The van der Waals surface area contributed by atoms with E-state index < -0.39 is 17.4 Å². The minimum absolute atomic E-state index is 0.145. The van der Waals surface area contributed by atoms with E-state index in [0.29, 0.717) is 5.02 Å². The van der Waals surface area contributed by atoms with Gasteiger partial charge in [-0.1, -0.05) is 23.7 Å². The number of hydrogen-bond acceptors (Lipinski definition) is 4. The van der Waals surface area contributed by atoms with Gasteiger partial charge < -0.3 is 10.4 Å². The van der Waals surface area contributed by atoms with Crippen LogP contribution in [0.2, 0.25) is 5.02 Å². The van der Waals surface area contributed by atoms with Crippen LogP contribution in [0.1, 0.15) is 5.56 Å². The van der Waals surface area contributed by atoms with E-state index in [4.69, 9.17) is 11.6 Å². The van der Waals surface area contributed by atoms with E-state index in [2.05, 4.69) is 10.5 Å². The molecular formula is C11H7ClN2O3. The summed E-state index contributed by atoms with van der Waals surface area (Å²) < 4.78 is 0. The molecule has 2 rings (SSSR count). The van der Waals surface area contributed by atoms with E-state index in [1.54, 1.807) is 24.3 Å². The molecule has 0 saturated heterocycles. The smallest absolute Gasteiger partial charge is 0.281 e. The van der Waals surface area contributed by atoms with E-state index in [-0.39, 0.29) is 5.70 Å². The highest BCUT2D eigenvalue weighted by Gasteiger charge is 2.28. The number of carbonyl (C=O) groups is 1. The van der Waals surface area contributed by atoms with E-state index in [9.17, 15) is 14.8 Å². The summed E-state index contributed by atoms with van der Waals surface area (Å²) >= 11 is 5.72. The largest absolute Gasteiger partial charge is 0.504 e. The van der Waals surface area contributed by atoms with Gasteiger partial charge in [0.15, 0.2) is 5.76 Å². The van der Waals surface area contributed by atoms with Gasteiger partial charge in [0.05, 0.1) is 5.70 Å². The average Bonchev–Trinajstić information content (AvgIpc) is 2.57. The van der Waals surface area contributed by atoms with Crippen LogP contribution in [-0.2, 0) is 4.79 Å². The fraction of sp³-hybridized carbons (Fsp3) is 0. The highest BCUT2D eigenvalue weighted by molar-refractivity contribution is 6.30. The van der Waals surface area contributed by atoms with Crippen LogP contribution in [0.5, 0.6) is 0 Å². The molecule has 1 aliphatic rings. The Hall–Kier alpha value is -2.14.